The van der Waals surface area contributed by atoms with Gasteiger partial charge in [-0.1, -0.05) is 29.8 Å². The van der Waals surface area contributed by atoms with Crippen LogP contribution in [-0.4, -0.2) is 44.9 Å². The molecule has 2 aromatic carbocycles. The first kappa shape index (κ1) is 20.3. The Hall–Kier alpha value is -2.48. The van der Waals surface area contributed by atoms with Crippen LogP contribution < -0.4 is 5.32 Å². The van der Waals surface area contributed by atoms with Gasteiger partial charge in [0.25, 0.3) is 0 Å². The molecule has 7 heteroatoms. The van der Waals surface area contributed by atoms with Gasteiger partial charge in [0.2, 0.25) is 15.9 Å². The van der Waals surface area contributed by atoms with Crippen LogP contribution in [0.3, 0.4) is 0 Å². The molecule has 148 valence electrons. The Bertz CT molecular complexity index is 976. The van der Waals surface area contributed by atoms with Crippen molar-refractivity contribution in [1.29, 1.82) is 0 Å². The van der Waals surface area contributed by atoms with Crippen molar-refractivity contribution in [3.63, 3.8) is 0 Å². The van der Waals surface area contributed by atoms with Gasteiger partial charge in [-0.3, -0.25) is 4.79 Å². The normalized spacial score (nSPS) is 15.6. The summed E-state index contributed by atoms with van der Waals surface area (Å²) in [7, 11) is -3.51. The third kappa shape index (κ3) is 4.86. The van der Waals surface area contributed by atoms with Gasteiger partial charge in [0.1, 0.15) is 0 Å². The fourth-order valence-electron chi connectivity index (χ4n) is 2.99. The van der Waals surface area contributed by atoms with Crippen LogP contribution in [0.5, 0.6) is 0 Å². The number of carbonyl (C=O) groups excluding carboxylic acids is 1. The number of nitrogens with zero attached hydrogens (tertiary/aromatic N) is 1. The Kier molecular flexibility index (Phi) is 6.28. The Labute approximate surface area is 165 Å². The topological polar surface area (TPSA) is 75.7 Å². The van der Waals surface area contributed by atoms with E-state index in [2.05, 4.69) is 5.32 Å². The van der Waals surface area contributed by atoms with E-state index in [1.807, 2.05) is 32.0 Å². The average Bonchev–Trinajstić information content (AvgIpc) is 2.69. The molecular weight excluding hydrogens is 376 g/mol. The van der Waals surface area contributed by atoms with Crippen molar-refractivity contribution in [3.05, 3.63) is 65.2 Å². The highest BCUT2D eigenvalue weighted by Gasteiger charge is 2.25. The van der Waals surface area contributed by atoms with Gasteiger partial charge in [-0.15, -0.1) is 0 Å². The molecule has 1 fully saturated rings. The van der Waals surface area contributed by atoms with Crippen LogP contribution in [0.2, 0.25) is 0 Å². The molecule has 0 aromatic heterocycles. The first-order valence-electron chi connectivity index (χ1n) is 9.10. The second-order valence-electron chi connectivity index (χ2n) is 6.73. The molecule has 1 amide bonds. The number of sulfonamides is 1. The zero-order valence-corrected chi connectivity index (χ0v) is 16.8. The third-order valence-electron chi connectivity index (χ3n) is 4.55. The lowest BCUT2D eigenvalue weighted by molar-refractivity contribution is -0.111. The van der Waals surface area contributed by atoms with Crippen molar-refractivity contribution in [3.8, 4) is 0 Å². The third-order valence-corrected chi connectivity index (χ3v) is 6.47. The molecule has 28 heavy (non-hydrogen) atoms. The van der Waals surface area contributed by atoms with Crippen molar-refractivity contribution in [2.45, 2.75) is 18.7 Å². The highest BCUT2D eigenvalue weighted by atomic mass is 32.2. The number of ether oxygens (including phenoxy) is 1. The van der Waals surface area contributed by atoms with E-state index in [-0.39, 0.29) is 10.8 Å². The molecule has 1 heterocycles. The van der Waals surface area contributed by atoms with E-state index in [0.717, 1.165) is 22.4 Å². The van der Waals surface area contributed by atoms with Gasteiger partial charge in [-0.25, -0.2) is 8.42 Å². The van der Waals surface area contributed by atoms with Crippen molar-refractivity contribution in [2.24, 2.45) is 0 Å². The minimum atomic E-state index is -3.51. The number of benzene rings is 2. The molecule has 1 N–H and O–H groups in total. The second kappa shape index (κ2) is 8.68. The lowest BCUT2D eigenvalue weighted by atomic mass is 10.1. The fourth-order valence-corrected chi connectivity index (χ4v) is 4.40. The maximum Gasteiger partial charge on any atom is 0.248 e. The molecule has 6 nitrogen and oxygen atoms in total. The van der Waals surface area contributed by atoms with Gasteiger partial charge in [0.15, 0.2) is 0 Å². The predicted octanol–water partition coefficient (Wildman–Crippen LogP) is 2.98. The number of aryl methyl sites for hydroxylation is 2. The van der Waals surface area contributed by atoms with Crippen molar-refractivity contribution in [2.75, 3.05) is 31.6 Å². The molecule has 0 aliphatic carbocycles. The summed E-state index contributed by atoms with van der Waals surface area (Å²) in [6, 6.07) is 12.3. The predicted molar refractivity (Wildman–Crippen MR) is 110 cm³/mol. The van der Waals surface area contributed by atoms with Crippen molar-refractivity contribution in [1.82, 2.24) is 4.31 Å². The van der Waals surface area contributed by atoms with Crippen LogP contribution in [0, 0.1) is 13.8 Å². The molecule has 2 aromatic rings. The largest absolute Gasteiger partial charge is 0.379 e. The molecule has 0 atom stereocenters. The van der Waals surface area contributed by atoms with Crippen LogP contribution in [0.15, 0.2) is 53.4 Å². The Morgan fingerprint density at radius 3 is 2.39 bits per heavy atom. The Balaban J connectivity index is 1.65. The minimum absolute atomic E-state index is 0.239. The van der Waals surface area contributed by atoms with Gasteiger partial charge in [-0.2, -0.15) is 4.31 Å². The molecule has 0 unspecified atom stereocenters. The summed E-state index contributed by atoms with van der Waals surface area (Å²) in [5.74, 6) is -0.239. The van der Waals surface area contributed by atoms with E-state index in [9.17, 15) is 13.2 Å². The number of nitrogens with one attached hydrogen (secondary N) is 1. The SMILES string of the molecule is Cc1ccc(NC(=O)/C=C/c2ccc(S(=O)(=O)N3CCOCC3)cc2)c(C)c1. The molecule has 1 aliphatic rings. The molecule has 1 saturated heterocycles. The van der Waals surface area contributed by atoms with Crippen LogP contribution in [0.4, 0.5) is 5.69 Å². The molecule has 3 rings (SSSR count). The number of hydrogen-bond donors (Lipinski definition) is 1. The zero-order chi connectivity index (χ0) is 20.1. The lowest BCUT2D eigenvalue weighted by Gasteiger charge is -2.26. The van der Waals surface area contributed by atoms with Crippen LogP contribution in [-0.2, 0) is 19.6 Å². The maximum atomic E-state index is 12.6. The fraction of sp³-hybridized carbons (Fsp3) is 0.286. The first-order valence-corrected chi connectivity index (χ1v) is 10.5. The molecule has 0 spiro atoms. The van der Waals surface area contributed by atoms with Crippen LogP contribution >= 0.6 is 0 Å². The standard InChI is InChI=1S/C21H24N2O4S/c1-16-3-9-20(17(2)15-16)22-21(24)10-6-18-4-7-19(8-5-18)28(25,26)23-11-13-27-14-12-23/h3-10,15H,11-14H2,1-2H3,(H,22,24)/b10-6+. The highest BCUT2D eigenvalue weighted by Crippen LogP contribution is 2.19. The van der Waals surface area contributed by atoms with E-state index < -0.39 is 10.0 Å². The minimum Gasteiger partial charge on any atom is -0.379 e. The van der Waals surface area contributed by atoms with Gasteiger partial charge < -0.3 is 10.1 Å². The van der Waals surface area contributed by atoms with E-state index in [1.54, 1.807) is 30.3 Å². The second-order valence-corrected chi connectivity index (χ2v) is 8.66. The molecule has 1 aliphatic heterocycles. The van der Waals surface area contributed by atoms with Gasteiger partial charge >= 0.3 is 0 Å². The number of anilines is 1. The smallest absolute Gasteiger partial charge is 0.248 e. The molecule has 0 bridgehead atoms. The van der Waals surface area contributed by atoms with Gasteiger partial charge in [0.05, 0.1) is 18.1 Å². The summed E-state index contributed by atoms with van der Waals surface area (Å²) in [6.45, 7) is 5.50. The van der Waals surface area contributed by atoms with E-state index in [0.29, 0.717) is 26.3 Å². The summed E-state index contributed by atoms with van der Waals surface area (Å²) >= 11 is 0. The Morgan fingerprint density at radius 1 is 1.07 bits per heavy atom. The quantitative estimate of drug-likeness (QED) is 0.783. The summed E-state index contributed by atoms with van der Waals surface area (Å²) in [5.41, 5.74) is 3.65. The van der Waals surface area contributed by atoms with E-state index in [4.69, 9.17) is 4.74 Å². The number of morpholine rings is 1. The number of rotatable bonds is 5. The average molecular weight is 401 g/mol. The molecule has 0 saturated carbocycles. The Morgan fingerprint density at radius 2 is 1.75 bits per heavy atom. The molecular formula is C21H24N2O4S. The van der Waals surface area contributed by atoms with Crippen LogP contribution in [0.1, 0.15) is 16.7 Å². The van der Waals surface area contributed by atoms with Gasteiger partial charge in [0, 0.05) is 24.9 Å². The summed E-state index contributed by atoms with van der Waals surface area (Å²) in [4.78, 5) is 12.4. The summed E-state index contributed by atoms with van der Waals surface area (Å²) in [6.07, 6.45) is 3.09. The van der Waals surface area contributed by atoms with Gasteiger partial charge in [-0.05, 0) is 49.2 Å². The molecule has 0 radical (unpaired) electrons. The maximum absolute atomic E-state index is 12.6. The van der Waals surface area contributed by atoms with Crippen molar-refractivity contribution >= 4 is 27.7 Å². The first-order chi connectivity index (χ1) is 13.4. The number of amides is 1. The van der Waals surface area contributed by atoms with Crippen molar-refractivity contribution < 1.29 is 17.9 Å². The van der Waals surface area contributed by atoms with Crippen LogP contribution in [0.25, 0.3) is 6.08 Å². The highest BCUT2D eigenvalue weighted by molar-refractivity contribution is 7.89. The lowest BCUT2D eigenvalue weighted by Crippen LogP contribution is -2.40. The van der Waals surface area contributed by atoms with E-state index in [1.165, 1.54) is 10.4 Å². The zero-order valence-electron chi connectivity index (χ0n) is 16.0. The monoisotopic (exact) mass is 400 g/mol. The number of carbonyl (C=O) groups is 1. The van der Waals surface area contributed by atoms with E-state index >= 15 is 0 Å². The number of hydrogen-bond acceptors (Lipinski definition) is 4. The summed E-state index contributed by atoms with van der Waals surface area (Å²) in [5, 5.41) is 2.85. The summed E-state index contributed by atoms with van der Waals surface area (Å²) < 4.78 is 31.9.